The fraction of sp³-hybridized carbons (Fsp3) is 0.875. The van der Waals surface area contributed by atoms with Gasteiger partial charge in [-0.15, -0.1) is 0 Å². The maximum Gasteiger partial charge on any atom is 0.302 e. The summed E-state index contributed by atoms with van der Waals surface area (Å²) in [6, 6.07) is 0. The lowest BCUT2D eigenvalue weighted by Crippen LogP contribution is -2.00. The van der Waals surface area contributed by atoms with E-state index in [0.29, 0.717) is 13.2 Å². The minimum atomic E-state index is -0.182. The number of hydrogen-bond acceptors (Lipinski definition) is 4. The molecule has 4 heteroatoms. The van der Waals surface area contributed by atoms with Crippen LogP contribution in [-0.4, -0.2) is 25.2 Å². The molecule has 0 rings (SSSR count). The zero-order valence-corrected chi connectivity index (χ0v) is 13.1. The molecule has 4 nitrogen and oxygen atoms in total. The molecule has 0 aromatic heterocycles. The Balaban J connectivity index is 2.99. The van der Waals surface area contributed by atoms with E-state index in [0.717, 1.165) is 25.7 Å². The summed E-state index contributed by atoms with van der Waals surface area (Å²) in [6.45, 7) is 4.04. The topological polar surface area (TPSA) is 52.6 Å². The molecule has 0 aliphatic carbocycles. The molecule has 0 saturated carbocycles. The molecule has 0 amide bonds. The quantitative estimate of drug-likeness (QED) is 0.379. The molecule has 20 heavy (non-hydrogen) atoms. The number of carbonyl (C=O) groups is 2. The van der Waals surface area contributed by atoms with Gasteiger partial charge in [0.1, 0.15) is 0 Å². The normalized spacial score (nSPS) is 10.3. The van der Waals surface area contributed by atoms with E-state index < -0.39 is 0 Å². The average Bonchev–Trinajstić information content (AvgIpc) is 2.38. The van der Waals surface area contributed by atoms with Crippen molar-refractivity contribution in [1.29, 1.82) is 0 Å². The van der Waals surface area contributed by atoms with E-state index in [2.05, 4.69) is 0 Å². The van der Waals surface area contributed by atoms with Gasteiger partial charge in [-0.2, -0.15) is 0 Å². The van der Waals surface area contributed by atoms with Gasteiger partial charge in [-0.05, 0) is 12.8 Å². The monoisotopic (exact) mass is 286 g/mol. The van der Waals surface area contributed by atoms with Gasteiger partial charge < -0.3 is 9.47 Å². The van der Waals surface area contributed by atoms with Crippen LogP contribution in [0, 0.1) is 0 Å². The smallest absolute Gasteiger partial charge is 0.302 e. The van der Waals surface area contributed by atoms with Gasteiger partial charge in [0.15, 0.2) is 0 Å². The Kier molecular flexibility index (Phi) is 13.6. The van der Waals surface area contributed by atoms with Crippen molar-refractivity contribution in [1.82, 2.24) is 0 Å². The molecule has 0 aliphatic rings. The average molecular weight is 286 g/mol. The predicted octanol–water partition coefficient (Wildman–Crippen LogP) is 4.01. The summed E-state index contributed by atoms with van der Waals surface area (Å²) in [7, 11) is 0. The van der Waals surface area contributed by atoms with Crippen LogP contribution in [-0.2, 0) is 19.1 Å². The van der Waals surface area contributed by atoms with Crippen molar-refractivity contribution in [2.45, 2.75) is 78.1 Å². The molecule has 0 unspecified atom stereocenters. The second-order valence-corrected chi connectivity index (χ2v) is 5.22. The van der Waals surface area contributed by atoms with E-state index in [1.807, 2.05) is 0 Å². The molecule has 0 aromatic rings. The molecule has 0 aromatic carbocycles. The van der Waals surface area contributed by atoms with Crippen molar-refractivity contribution in [2.75, 3.05) is 13.2 Å². The first-order valence-corrected chi connectivity index (χ1v) is 7.89. The lowest BCUT2D eigenvalue weighted by molar-refractivity contribution is -0.142. The van der Waals surface area contributed by atoms with Gasteiger partial charge in [-0.25, -0.2) is 0 Å². The molecule has 0 bridgehead atoms. The summed E-state index contributed by atoms with van der Waals surface area (Å²) in [5.41, 5.74) is 0. The molecule has 0 saturated heterocycles. The highest BCUT2D eigenvalue weighted by molar-refractivity contribution is 5.66. The number of esters is 2. The van der Waals surface area contributed by atoms with Gasteiger partial charge in [0.25, 0.3) is 0 Å². The Hall–Kier alpha value is -1.06. The van der Waals surface area contributed by atoms with Crippen molar-refractivity contribution >= 4 is 11.9 Å². The molecule has 118 valence electrons. The third-order valence-corrected chi connectivity index (χ3v) is 3.15. The maximum atomic E-state index is 10.5. The van der Waals surface area contributed by atoms with Gasteiger partial charge in [-0.1, -0.05) is 51.4 Å². The summed E-state index contributed by atoms with van der Waals surface area (Å²) < 4.78 is 9.76. The standard InChI is InChI=1S/C16H30O4/c1-15(17)19-13-11-9-7-5-3-4-6-8-10-12-14-20-16(2)18/h3-14H2,1-2H3. The number of carbonyl (C=O) groups excluding carboxylic acids is 2. The first kappa shape index (κ1) is 18.9. The van der Waals surface area contributed by atoms with Crippen LogP contribution in [0.25, 0.3) is 0 Å². The molecular formula is C16H30O4. The Morgan fingerprint density at radius 2 is 0.800 bits per heavy atom. The van der Waals surface area contributed by atoms with E-state index in [1.165, 1.54) is 52.4 Å². The molecule has 0 aliphatic heterocycles. The largest absolute Gasteiger partial charge is 0.466 e. The highest BCUT2D eigenvalue weighted by atomic mass is 16.5. The number of rotatable bonds is 13. The van der Waals surface area contributed by atoms with Crippen LogP contribution in [0.3, 0.4) is 0 Å². The zero-order valence-electron chi connectivity index (χ0n) is 13.1. The minimum absolute atomic E-state index is 0.182. The Morgan fingerprint density at radius 1 is 0.550 bits per heavy atom. The van der Waals surface area contributed by atoms with Crippen LogP contribution in [0.15, 0.2) is 0 Å². The first-order valence-electron chi connectivity index (χ1n) is 7.89. The minimum Gasteiger partial charge on any atom is -0.466 e. The Labute approximate surface area is 123 Å². The van der Waals surface area contributed by atoms with E-state index in [9.17, 15) is 9.59 Å². The van der Waals surface area contributed by atoms with Gasteiger partial charge in [-0.3, -0.25) is 9.59 Å². The van der Waals surface area contributed by atoms with E-state index >= 15 is 0 Å². The molecule has 0 N–H and O–H groups in total. The fourth-order valence-electron chi connectivity index (χ4n) is 2.05. The summed E-state index contributed by atoms with van der Waals surface area (Å²) in [4.78, 5) is 21.1. The van der Waals surface area contributed by atoms with Crippen LogP contribution in [0.2, 0.25) is 0 Å². The van der Waals surface area contributed by atoms with Gasteiger partial charge in [0.05, 0.1) is 13.2 Å². The Bertz CT molecular complexity index is 225. The highest BCUT2D eigenvalue weighted by Gasteiger charge is 1.96. The first-order chi connectivity index (χ1) is 9.63. The second kappa shape index (κ2) is 14.4. The third kappa shape index (κ3) is 16.9. The number of unbranched alkanes of at least 4 members (excludes halogenated alkanes) is 9. The zero-order chi connectivity index (χ0) is 15.1. The van der Waals surface area contributed by atoms with Crippen molar-refractivity contribution in [2.24, 2.45) is 0 Å². The summed E-state index contributed by atoms with van der Waals surface area (Å²) >= 11 is 0. The fourth-order valence-corrected chi connectivity index (χ4v) is 2.05. The highest BCUT2D eigenvalue weighted by Crippen LogP contribution is 2.10. The SMILES string of the molecule is CC(=O)OCCCCCCCCCCCCOC(C)=O. The third-order valence-electron chi connectivity index (χ3n) is 3.15. The molecule has 0 atom stereocenters. The summed E-state index contributed by atoms with van der Waals surface area (Å²) in [5, 5.41) is 0. The van der Waals surface area contributed by atoms with E-state index in [-0.39, 0.29) is 11.9 Å². The predicted molar refractivity (Wildman–Crippen MR) is 79.4 cm³/mol. The Morgan fingerprint density at radius 3 is 1.05 bits per heavy atom. The van der Waals surface area contributed by atoms with Gasteiger partial charge in [0.2, 0.25) is 0 Å². The molecule has 0 fully saturated rings. The van der Waals surface area contributed by atoms with Crippen LogP contribution in [0.4, 0.5) is 0 Å². The van der Waals surface area contributed by atoms with Crippen LogP contribution < -0.4 is 0 Å². The van der Waals surface area contributed by atoms with Crippen molar-refractivity contribution in [3.8, 4) is 0 Å². The molecular weight excluding hydrogens is 256 g/mol. The van der Waals surface area contributed by atoms with Crippen LogP contribution >= 0.6 is 0 Å². The second-order valence-electron chi connectivity index (χ2n) is 5.22. The maximum absolute atomic E-state index is 10.5. The summed E-state index contributed by atoms with van der Waals surface area (Å²) in [5.74, 6) is -0.364. The molecule has 0 spiro atoms. The van der Waals surface area contributed by atoms with E-state index in [4.69, 9.17) is 9.47 Å². The van der Waals surface area contributed by atoms with Crippen molar-refractivity contribution in [3.05, 3.63) is 0 Å². The lowest BCUT2D eigenvalue weighted by Gasteiger charge is -2.04. The van der Waals surface area contributed by atoms with Crippen molar-refractivity contribution < 1.29 is 19.1 Å². The number of hydrogen-bond donors (Lipinski definition) is 0. The lowest BCUT2D eigenvalue weighted by atomic mass is 10.1. The molecule has 0 radical (unpaired) electrons. The number of ether oxygens (including phenoxy) is 2. The van der Waals surface area contributed by atoms with Crippen molar-refractivity contribution in [3.63, 3.8) is 0 Å². The summed E-state index contributed by atoms with van der Waals surface area (Å²) in [6.07, 6.45) is 11.8. The van der Waals surface area contributed by atoms with Gasteiger partial charge >= 0.3 is 11.9 Å². The van der Waals surface area contributed by atoms with Gasteiger partial charge in [0, 0.05) is 13.8 Å². The molecule has 0 heterocycles. The van der Waals surface area contributed by atoms with Crippen LogP contribution in [0.1, 0.15) is 78.1 Å². The van der Waals surface area contributed by atoms with Crippen LogP contribution in [0.5, 0.6) is 0 Å². The van der Waals surface area contributed by atoms with E-state index in [1.54, 1.807) is 0 Å².